The minimum atomic E-state index is -3.01. The van der Waals surface area contributed by atoms with Crippen LogP contribution < -0.4 is 5.32 Å². The normalized spacial score (nSPS) is 29.4. The highest BCUT2D eigenvalue weighted by atomic mass is 32.2. The van der Waals surface area contributed by atoms with Crippen LogP contribution >= 0.6 is 0 Å². The number of hydrogen-bond acceptors (Lipinski definition) is 4. The van der Waals surface area contributed by atoms with E-state index < -0.39 is 14.6 Å². The molecular formula is C15H30N4O2S. The Morgan fingerprint density at radius 1 is 1.36 bits per heavy atom. The average molecular weight is 330 g/mol. The Balaban J connectivity index is 1.92. The molecule has 6 nitrogen and oxygen atoms in total. The predicted octanol–water partition coefficient (Wildman–Crippen LogP) is 0.413. The molecule has 0 radical (unpaired) electrons. The van der Waals surface area contributed by atoms with Gasteiger partial charge in [0.1, 0.15) is 0 Å². The third-order valence-corrected chi connectivity index (χ3v) is 7.36. The Labute approximate surface area is 134 Å². The van der Waals surface area contributed by atoms with E-state index in [-0.39, 0.29) is 5.75 Å². The summed E-state index contributed by atoms with van der Waals surface area (Å²) in [6.45, 7) is 7.83. The standard InChI is InChI=1S/C15H30N4O2S/c1-15(2)12-19(8-9-22(15,20)21)14(16-3)17-10-13-6-5-7-18(4)11-13/h13H,5-12H2,1-4H3,(H,16,17). The molecule has 2 aliphatic heterocycles. The molecule has 2 fully saturated rings. The zero-order chi connectivity index (χ0) is 16.4. The van der Waals surface area contributed by atoms with Gasteiger partial charge in [0, 0.05) is 33.2 Å². The van der Waals surface area contributed by atoms with Crippen molar-refractivity contribution in [2.75, 3.05) is 52.6 Å². The molecule has 22 heavy (non-hydrogen) atoms. The lowest BCUT2D eigenvalue weighted by molar-refractivity contribution is 0.209. The van der Waals surface area contributed by atoms with E-state index in [1.807, 2.05) is 0 Å². The highest BCUT2D eigenvalue weighted by Crippen LogP contribution is 2.23. The second kappa shape index (κ2) is 6.74. The first-order valence-corrected chi connectivity index (χ1v) is 9.77. The van der Waals surface area contributed by atoms with Crippen molar-refractivity contribution in [2.24, 2.45) is 10.9 Å². The van der Waals surface area contributed by atoms with Crippen LogP contribution in [0.25, 0.3) is 0 Å². The molecule has 0 amide bonds. The lowest BCUT2D eigenvalue weighted by Crippen LogP contribution is -2.57. The van der Waals surface area contributed by atoms with Gasteiger partial charge in [0.2, 0.25) is 0 Å². The van der Waals surface area contributed by atoms with Gasteiger partial charge in [0.05, 0.1) is 10.5 Å². The molecule has 2 heterocycles. The van der Waals surface area contributed by atoms with Gasteiger partial charge < -0.3 is 15.1 Å². The first-order valence-electron chi connectivity index (χ1n) is 8.11. The van der Waals surface area contributed by atoms with E-state index in [1.54, 1.807) is 20.9 Å². The molecular weight excluding hydrogens is 300 g/mol. The third-order valence-electron chi connectivity index (χ3n) is 4.83. The molecule has 7 heteroatoms. The Morgan fingerprint density at radius 3 is 2.68 bits per heavy atom. The number of likely N-dealkylation sites (tertiary alicyclic amines) is 1. The number of aliphatic imine (C=N–C) groups is 1. The number of guanidine groups is 1. The Hall–Kier alpha value is -0.820. The summed E-state index contributed by atoms with van der Waals surface area (Å²) in [5.74, 6) is 1.67. The molecule has 0 aromatic carbocycles. The highest BCUT2D eigenvalue weighted by molar-refractivity contribution is 7.92. The zero-order valence-electron chi connectivity index (χ0n) is 14.3. The molecule has 0 aromatic heterocycles. The van der Waals surface area contributed by atoms with Gasteiger partial charge in [0.25, 0.3) is 0 Å². The van der Waals surface area contributed by atoms with Gasteiger partial charge in [-0.2, -0.15) is 0 Å². The Morgan fingerprint density at radius 2 is 2.09 bits per heavy atom. The van der Waals surface area contributed by atoms with E-state index >= 15 is 0 Å². The molecule has 0 spiro atoms. The molecule has 128 valence electrons. The van der Waals surface area contributed by atoms with Crippen LogP contribution in [-0.4, -0.2) is 81.5 Å². The topological polar surface area (TPSA) is 65.0 Å². The van der Waals surface area contributed by atoms with Crippen LogP contribution in [-0.2, 0) is 9.84 Å². The quantitative estimate of drug-likeness (QED) is 0.587. The van der Waals surface area contributed by atoms with Crippen molar-refractivity contribution in [3.05, 3.63) is 0 Å². The molecule has 2 saturated heterocycles. The summed E-state index contributed by atoms with van der Waals surface area (Å²) in [5.41, 5.74) is 0. The molecule has 0 saturated carbocycles. The maximum absolute atomic E-state index is 12.1. The van der Waals surface area contributed by atoms with Crippen LogP contribution in [0.3, 0.4) is 0 Å². The summed E-state index contributed by atoms with van der Waals surface area (Å²) < 4.78 is 23.5. The van der Waals surface area contributed by atoms with E-state index in [1.165, 1.54) is 19.4 Å². The van der Waals surface area contributed by atoms with Gasteiger partial charge in [-0.1, -0.05) is 0 Å². The molecule has 0 aromatic rings. The second-order valence-electron chi connectivity index (χ2n) is 7.20. The predicted molar refractivity (Wildman–Crippen MR) is 91.0 cm³/mol. The van der Waals surface area contributed by atoms with Gasteiger partial charge in [0.15, 0.2) is 15.8 Å². The minimum Gasteiger partial charge on any atom is -0.356 e. The largest absolute Gasteiger partial charge is 0.356 e. The summed E-state index contributed by atoms with van der Waals surface area (Å²) in [6, 6.07) is 0. The van der Waals surface area contributed by atoms with Crippen molar-refractivity contribution in [1.29, 1.82) is 0 Å². The van der Waals surface area contributed by atoms with Crippen LogP contribution in [0, 0.1) is 5.92 Å². The van der Waals surface area contributed by atoms with Crippen molar-refractivity contribution in [3.8, 4) is 0 Å². The summed E-state index contributed by atoms with van der Waals surface area (Å²) in [6.07, 6.45) is 2.49. The lowest BCUT2D eigenvalue weighted by atomic mass is 9.98. The van der Waals surface area contributed by atoms with Crippen molar-refractivity contribution in [1.82, 2.24) is 15.1 Å². The van der Waals surface area contributed by atoms with Crippen LogP contribution in [0.2, 0.25) is 0 Å². The van der Waals surface area contributed by atoms with E-state index in [4.69, 9.17) is 0 Å². The monoisotopic (exact) mass is 330 g/mol. The smallest absolute Gasteiger partial charge is 0.193 e. The number of rotatable bonds is 2. The summed E-state index contributed by atoms with van der Waals surface area (Å²) in [5, 5.41) is 3.45. The van der Waals surface area contributed by atoms with Crippen molar-refractivity contribution in [3.63, 3.8) is 0 Å². The Bertz CT molecular complexity index is 516. The van der Waals surface area contributed by atoms with Gasteiger partial charge in [-0.15, -0.1) is 0 Å². The molecule has 1 N–H and O–H groups in total. The van der Waals surface area contributed by atoms with E-state index in [2.05, 4.69) is 27.2 Å². The van der Waals surface area contributed by atoms with Crippen LogP contribution in [0.1, 0.15) is 26.7 Å². The minimum absolute atomic E-state index is 0.201. The second-order valence-corrected chi connectivity index (χ2v) is 9.94. The zero-order valence-corrected chi connectivity index (χ0v) is 15.1. The summed E-state index contributed by atoms with van der Waals surface area (Å²) in [7, 11) is 0.925. The number of sulfone groups is 1. The van der Waals surface area contributed by atoms with E-state index in [0.29, 0.717) is 19.0 Å². The van der Waals surface area contributed by atoms with Gasteiger partial charge in [-0.05, 0) is 46.2 Å². The van der Waals surface area contributed by atoms with Crippen LogP contribution in [0.5, 0.6) is 0 Å². The average Bonchev–Trinajstić information content (AvgIpc) is 2.43. The van der Waals surface area contributed by atoms with Crippen molar-refractivity contribution < 1.29 is 8.42 Å². The first kappa shape index (κ1) is 17.5. The number of nitrogens with zero attached hydrogens (tertiary/aromatic N) is 3. The molecule has 1 atom stereocenters. The summed E-state index contributed by atoms with van der Waals surface area (Å²) in [4.78, 5) is 8.80. The fourth-order valence-electron chi connectivity index (χ4n) is 3.33. The SMILES string of the molecule is CN=C(NCC1CCCN(C)C1)N1CCS(=O)(=O)C(C)(C)C1. The van der Waals surface area contributed by atoms with Crippen molar-refractivity contribution >= 4 is 15.8 Å². The van der Waals surface area contributed by atoms with Crippen LogP contribution in [0.4, 0.5) is 0 Å². The van der Waals surface area contributed by atoms with Crippen LogP contribution in [0.15, 0.2) is 4.99 Å². The molecule has 1 unspecified atom stereocenters. The Kier molecular flexibility index (Phi) is 5.37. The molecule has 2 aliphatic rings. The molecule has 0 aliphatic carbocycles. The number of hydrogen-bond donors (Lipinski definition) is 1. The summed E-state index contributed by atoms with van der Waals surface area (Å²) >= 11 is 0. The van der Waals surface area contributed by atoms with Crippen molar-refractivity contribution in [2.45, 2.75) is 31.4 Å². The maximum Gasteiger partial charge on any atom is 0.193 e. The van der Waals surface area contributed by atoms with E-state index in [9.17, 15) is 8.42 Å². The highest BCUT2D eigenvalue weighted by Gasteiger charge is 2.41. The molecule has 2 rings (SSSR count). The van der Waals surface area contributed by atoms with Gasteiger partial charge in [-0.25, -0.2) is 8.42 Å². The fraction of sp³-hybridized carbons (Fsp3) is 0.933. The van der Waals surface area contributed by atoms with Gasteiger partial charge >= 0.3 is 0 Å². The van der Waals surface area contributed by atoms with Gasteiger partial charge in [-0.3, -0.25) is 4.99 Å². The third kappa shape index (κ3) is 3.93. The fourth-order valence-corrected chi connectivity index (χ4v) is 4.70. The number of piperidine rings is 1. The lowest BCUT2D eigenvalue weighted by Gasteiger charge is -2.39. The molecule has 0 bridgehead atoms. The first-order chi connectivity index (χ1) is 10.2. The maximum atomic E-state index is 12.1. The van der Waals surface area contributed by atoms with E-state index in [0.717, 1.165) is 19.0 Å². The number of nitrogens with one attached hydrogen (secondary N) is 1.